The third-order valence-electron chi connectivity index (χ3n) is 8.02. The number of benzene rings is 1. The van der Waals surface area contributed by atoms with E-state index in [1.54, 1.807) is 18.2 Å². The first-order valence-electron chi connectivity index (χ1n) is 19.1. The lowest BCUT2D eigenvalue weighted by Gasteiger charge is -2.27. The van der Waals surface area contributed by atoms with Crippen LogP contribution in [0.4, 0.5) is 5.69 Å². The molecule has 1 aromatic rings. The van der Waals surface area contributed by atoms with Crippen molar-refractivity contribution < 1.29 is 76.1 Å². The maximum absolute atomic E-state index is 13.2. The molecule has 1 unspecified atom stereocenters. The van der Waals surface area contributed by atoms with Crippen LogP contribution in [-0.2, 0) is 66.5 Å². The van der Waals surface area contributed by atoms with Gasteiger partial charge in [-0.1, -0.05) is 12.6 Å². The van der Waals surface area contributed by atoms with E-state index in [-0.39, 0.29) is 30.6 Å². The Hall–Kier alpha value is -3.89. The number of ether oxygens (including phenoxy) is 11. The molecule has 57 heavy (non-hydrogen) atoms. The molecule has 0 bridgehead atoms. The van der Waals surface area contributed by atoms with E-state index in [2.05, 4.69) is 17.2 Å². The summed E-state index contributed by atoms with van der Waals surface area (Å²) in [6.07, 6.45) is 1.27. The van der Waals surface area contributed by atoms with Gasteiger partial charge in [-0.15, -0.1) is 0 Å². The third kappa shape index (κ3) is 19.4. The monoisotopic (exact) mass is 811 g/mol. The zero-order valence-electron chi connectivity index (χ0n) is 32.5. The van der Waals surface area contributed by atoms with Gasteiger partial charge in [-0.25, -0.2) is 4.79 Å². The molecule has 2 aliphatic rings. The van der Waals surface area contributed by atoms with Gasteiger partial charge in [0, 0.05) is 24.7 Å². The number of anilines is 1. The fourth-order valence-electron chi connectivity index (χ4n) is 5.26. The second-order valence-corrected chi connectivity index (χ2v) is 12.1. The van der Waals surface area contributed by atoms with Crippen molar-refractivity contribution in [3.05, 3.63) is 42.0 Å². The highest BCUT2D eigenvalue weighted by molar-refractivity contribution is 6.25. The van der Waals surface area contributed by atoms with E-state index in [0.717, 1.165) is 11.0 Å². The van der Waals surface area contributed by atoms with Crippen LogP contribution in [0.5, 0.6) is 0 Å². The lowest BCUT2D eigenvalue weighted by molar-refractivity contribution is -0.139. The maximum atomic E-state index is 13.2. The summed E-state index contributed by atoms with van der Waals surface area (Å²) in [5, 5.41) is 5.32. The molecule has 0 aliphatic carbocycles. The summed E-state index contributed by atoms with van der Waals surface area (Å²) in [6.45, 7) is 12.4. The largest absolute Gasteiger partial charge is 0.460 e. The topological polar surface area (TPSA) is 214 Å². The molecule has 1 atom stereocenters. The lowest BCUT2D eigenvalue weighted by atomic mass is 10.0. The lowest BCUT2D eigenvalue weighted by Crippen LogP contribution is -2.54. The molecule has 2 heterocycles. The van der Waals surface area contributed by atoms with Gasteiger partial charge in [-0.05, 0) is 18.6 Å². The van der Waals surface area contributed by atoms with Crippen molar-refractivity contribution in [3.8, 4) is 0 Å². The highest BCUT2D eigenvalue weighted by Crippen LogP contribution is 2.32. The first kappa shape index (κ1) is 47.5. The summed E-state index contributed by atoms with van der Waals surface area (Å²) >= 11 is 0. The Morgan fingerprint density at radius 2 is 1.05 bits per heavy atom. The summed E-state index contributed by atoms with van der Waals surface area (Å²) < 4.78 is 59.4. The van der Waals surface area contributed by atoms with Gasteiger partial charge in [0.05, 0.1) is 143 Å². The van der Waals surface area contributed by atoms with Crippen molar-refractivity contribution in [1.29, 1.82) is 0 Å². The Kier molecular flexibility index (Phi) is 25.2. The van der Waals surface area contributed by atoms with Crippen molar-refractivity contribution >= 4 is 35.3 Å². The molecule has 0 aromatic heterocycles. The van der Waals surface area contributed by atoms with Crippen LogP contribution in [0.3, 0.4) is 0 Å². The van der Waals surface area contributed by atoms with Crippen molar-refractivity contribution in [2.45, 2.75) is 18.9 Å². The zero-order chi connectivity index (χ0) is 40.8. The van der Waals surface area contributed by atoms with Crippen LogP contribution in [0.25, 0.3) is 0 Å². The van der Waals surface area contributed by atoms with Crippen LogP contribution in [0, 0.1) is 0 Å². The number of carbonyl (C=O) groups excluding carboxylic acids is 5. The molecular formula is C38H57N3O16. The predicted molar refractivity (Wildman–Crippen MR) is 201 cm³/mol. The van der Waals surface area contributed by atoms with Gasteiger partial charge in [0.25, 0.3) is 11.8 Å². The first-order chi connectivity index (χ1) is 27.9. The Labute approximate surface area is 332 Å². The van der Waals surface area contributed by atoms with E-state index in [1.807, 2.05) is 0 Å². The second kappa shape index (κ2) is 30.2. The van der Waals surface area contributed by atoms with E-state index in [0.29, 0.717) is 144 Å². The highest BCUT2D eigenvalue weighted by Gasteiger charge is 2.45. The Bertz CT molecular complexity index is 1370. The van der Waals surface area contributed by atoms with Gasteiger partial charge >= 0.3 is 5.97 Å². The summed E-state index contributed by atoms with van der Waals surface area (Å²) in [5.41, 5.74) is 0.893. The smallest absolute Gasteiger partial charge is 0.330 e. The molecule has 0 saturated carbocycles. The average Bonchev–Trinajstić information content (AvgIpc) is 3.46. The van der Waals surface area contributed by atoms with Gasteiger partial charge < -0.3 is 57.4 Å². The first-order valence-corrected chi connectivity index (χ1v) is 19.1. The minimum atomic E-state index is -1.01. The number of imide groups is 2. The average molecular weight is 812 g/mol. The van der Waals surface area contributed by atoms with Gasteiger partial charge in [-0.2, -0.15) is 0 Å². The summed E-state index contributed by atoms with van der Waals surface area (Å²) in [6, 6.07) is 3.89. The number of nitrogens with zero attached hydrogens (tertiary/aromatic N) is 1. The van der Waals surface area contributed by atoms with E-state index < -0.39 is 35.6 Å². The molecule has 19 heteroatoms. The van der Waals surface area contributed by atoms with Crippen LogP contribution in [-0.4, -0.2) is 186 Å². The Balaban J connectivity index is 0.999. The number of hydrogen-bond donors (Lipinski definition) is 2. The van der Waals surface area contributed by atoms with Crippen LogP contribution >= 0.6 is 0 Å². The van der Waals surface area contributed by atoms with E-state index >= 15 is 0 Å². The van der Waals surface area contributed by atoms with Crippen LogP contribution in [0.1, 0.15) is 33.6 Å². The summed E-state index contributed by atoms with van der Waals surface area (Å²) in [5.74, 6) is -2.65. The highest BCUT2D eigenvalue weighted by atomic mass is 16.6. The molecule has 3 rings (SSSR count). The number of esters is 1. The minimum Gasteiger partial charge on any atom is -0.460 e. The van der Waals surface area contributed by atoms with Gasteiger partial charge in [0.2, 0.25) is 11.8 Å². The summed E-state index contributed by atoms with van der Waals surface area (Å²) in [7, 11) is 0. The second-order valence-electron chi connectivity index (χ2n) is 12.1. The molecule has 1 saturated heterocycles. The third-order valence-corrected chi connectivity index (χ3v) is 8.02. The van der Waals surface area contributed by atoms with Gasteiger partial charge in [-0.3, -0.25) is 29.4 Å². The summed E-state index contributed by atoms with van der Waals surface area (Å²) in [4.78, 5) is 61.7. The number of nitrogens with one attached hydrogen (secondary N) is 2. The van der Waals surface area contributed by atoms with Crippen LogP contribution in [0.2, 0.25) is 0 Å². The fourth-order valence-corrected chi connectivity index (χ4v) is 5.26. The van der Waals surface area contributed by atoms with Crippen LogP contribution in [0.15, 0.2) is 30.9 Å². The Morgan fingerprint density at radius 3 is 1.47 bits per heavy atom. The predicted octanol–water partition coefficient (Wildman–Crippen LogP) is 0.395. The maximum Gasteiger partial charge on any atom is 0.330 e. The zero-order valence-corrected chi connectivity index (χ0v) is 32.5. The van der Waals surface area contributed by atoms with Gasteiger partial charge in [0.15, 0.2) is 0 Å². The van der Waals surface area contributed by atoms with E-state index in [9.17, 15) is 24.0 Å². The number of piperidine rings is 1. The molecule has 2 aliphatic heterocycles. The normalized spacial score (nSPS) is 15.2. The number of amides is 4. The van der Waals surface area contributed by atoms with Gasteiger partial charge in [0.1, 0.15) is 12.6 Å². The SMILES string of the molecule is C=CC(=O)OCCOCCOCCOCCOCCOCCOCCOCCOCCOCCOCCNc1cccc2c1C(=O)N(C1CCC(=O)NC1=O)C2=O. The van der Waals surface area contributed by atoms with Crippen molar-refractivity contribution in [2.24, 2.45) is 0 Å². The molecule has 320 valence electrons. The molecular weight excluding hydrogens is 754 g/mol. The number of rotatable bonds is 36. The van der Waals surface area contributed by atoms with E-state index in [4.69, 9.17) is 52.1 Å². The standard InChI is InChI=1S/C38H57N3O16/c1-2-34(43)57-29-28-56-27-26-55-25-24-54-23-22-53-21-20-52-19-18-51-17-16-50-15-14-49-13-12-48-11-10-47-9-8-39-31-5-3-4-30-35(31)38(46)41(37(30)45)32-6-7-33(42)40-36(32)44/h2-5,32,39H,1,6-29H2,(H,40,42,44). The molecule has 4 amide bonds. The molecule has 1 fully saturated rings. The molecule has 0 radical (unpaired) electrons. The molecule has 0 spiro atoms. The fraction of sp³-hybridized carbons (Fsp3) is 0.658. The quantitative estimate of drug-likeness (QED) is 0.0406. The number of hydrogen-bond acceptors (Lipinski definition) is 17. The Morgan fingerprint density at radius 1 is 0.632 bits per heavy atom. The number of carbonyl (C=O) groups is 5. The minimum absolute atomic E-state index is 0.0619. The van der Waals surface area contributed by atoms with Crippen molar-refractivity contribution in [1.82, 2.24) is 10.2 Å². The van der Waals surface area contributed by atoms with E-state index in [1.165, 1.54) is 0 Å². The van der Waals surface area contributed by atoms with Crippen molar-refractivity contribution in [2.75, 3.05) is 151 Å². The molecule has 2 N–H and O–H groups in total. The van der Waals surface area contributed by atoms with Crippen LogP contribution < -0.4 is 10.6 Å². The molecule has 19 nitrogen and oxygen atoms in total. The molecule has 1 aromatic carbocycles. The number of fused-ring (bicyclic) bond motifs is 1. The van der Waals surface area contributed by atoms with Crippen molar-refractivity contribution in [3.63, 3.8) is 0 Å².